The Kier molecular flexibility index (Phi) is 4.95. The first-order chi connectivity index (χ1) is 8.31. The standard InChI is InChI=1S/C11H16ClFN2O2S/c1-3-7(4-2)15-18(16,17)11-6-10(14)9(13)5-8(11)12/h5-7,15H,3-4,14H2,1-2H3. The van der Waals surface area contributed by atoms with E-state index in [0.717, 1.165) is 12.1 Å². The van der Waals surface area contributed by atoms with Gasteiger partial charge in [-0.1, -0.05) is 25.4 Å². The fourth-order valence-electron chi connectivity index (χ4n) is 1.49. The third kappa shape index (κ3) is 3.34. The Hall–Kier alpha value is -0.850. The van der Waals surface area contributed by atoms with Gasteiger partial charge in [-0.2, -0.15) is 0 Å². The Morgan fingerprint density at radius 3 is 2.44 bits per heavy atom. The minimum Gasteiger partial charge on any atom is -0.396 e. The number of benzene rings is 1. The third-order valence-corrected chi connectivity index (χ3v) is 4.63. The summed E-state index contributed by atoms with van der Waals surface area (Å²) >= 11 is 5.74. The molecule has 0 fully saturated rings. The molecule has 0 saturated heterocycles. The first-order valence-corrected chi connectivity index (χ1v) is 7.44. The zero-order chi connectivity index (χ0) is 13.9. The van der Waals surface area contributed by atoms with Gasteiger partial charge in [0, 0.05) is 6.04 Å². The van der Waals surface area contributed by atoms with Crippen LogP contribution in [0.4, 0.5) is 10.1 Å². The Morgan fingerprint density at radius 1 is 1.39 bits per heavy atom. The minimum absolute atomic E-state index is 0.180. The van der Waals surface area contributed by atoms with Gasteiger partial charge in [0.05, 0.1) is 10.7 Å². The van der Waals surface area contributed by atoms with Crippen molar-refractivity contribution >= 4 is 27.3 Å². The number of hydrogen-bond acceptors (Lipinski definition) is 3. The van der Waals surface area contributed by atoms with Crippen molar-refractivity contribution < 1.29 is 12.8 Å². The molecule has 0 unspecified atom stereocenters. The second-order valence-corrected chi connectivity index (χ2v) is 6.03. The van der Waals surface area contributed by atoms with E-state index in [-0.39, 0.29) is 21.6 Å². The van der Waals surface area contributed by atoms with Crippen LogP contribution in [0.25, 0.3) is 0 Å². The highest BCUT2D eigenvalue weighted by atomic mass is 35.5. The van der Waals surface area contributed by atoms with Crippen LogP contribution in [0, 0.1) is 5.82 Å². The summed E-state index contributed by atoms with van der Waals surface area (Å²) in [6, 6.07) is 1.75. The van der Waals surface area contributed by atoms with Crippen LogP contribution in [0.15, 0.2) is 17.0 Å². The zero-order valence-electron chi connectivity index (χ0n) is 10.2. The largest absolute Gasteiger partial charge is 0.396 e. The quantitative estimate of drug-likeness (QED) is 0.820. The Bertz CT molecular complexity index is 530. The van der Waals surface area contributed by atoms with E-state index in [1.165, 1.54) is 0 Å². The molecule has 4 nitrogen and oxygen atoms in total. The molecule has 0 aliphatic heterocycles. The molecule has 0 aliphatic carbocycles. The fourth-order valence-corrected chi connectivity index (χ4v) is 3.44. The van der Waals surface area contributed by atoms with Gasteiger partial charge < -0.3 is 5.73 Å². The topological polar surface area (TPSA) is 72.2 Å². The average molecular weight is 295 g/mol. The second-order valence-electron chi connectivity index (χ2n) is 3.94. The Balaban J connectivity index is 3.16. The average Bonchev–Trinajstić information content (AvgIpc) is 2.30. The highest BCUT2D eigenvalue weighted by molar-refractivity contribution is 7.89. The molecule has 0 spiro atoms. The molecule has 1 rings (SSSR count). The first-order valence-electron chi connectivity index (χ1n) is 5.58. The number of nitrogens with one attached hydrogen (secondary N) is 1. The lowest BCUT2D eigenvalue weighted by Gasteiger charge is -2.16. The number of sulfonamides is 1. The van der Waals surface area contributed by atoms with Crippen molar-refractivity contribution in [2.45, 2.75) is 37.6 Å². The number of halogens is 2. The Labute approximate surface area is 111 Å². The summed E-state index contributed by atoms with van der Waals surface area (Å²) < 4.78 is 39.8. The van der Waals surface area contributed by atoms with Crippen LogP contribution in [0.5, 0.6) is 0 Å². The van der Waals surface area contributed by atoms with E-state index in [9.17, 15) is 12.8 Å². The summed E-state index contributed by atoms with van der Waals surface area (Å²) in [6.45, 7) is 3.74. The van der Waals surface area contributed by atoms with Crippen molar-refractivity contribution in [1.82, 2.24) is 4.72 Å². The molecule has 102 valence electrons. The zero-order valence-corrected chi connectivity index (χ0v) is 11.8. The van der Waals surface area contributed by atoms with E-state index in [2.05, 4.69) is 4.72 Å². The van der Waals surface area contributed by atoms with Gasteiger partial charge in [0.2, 0.25) is 10.0 Å². The lowest BCUT2D eigenvalue weighted by Crippen LogP contribution is -2.34. The molecule has 1 aromatic rings. The van der Waals surface area contributed by atoms with E-state index < -0.39 is 15.8 Å². The monoisotopic (exact) mass is 294 g/mol. The maximum atomic E-state index is 13.1. The van der Waals surface area contributed by atoms with Crippen LogP contribution in [-0.2, 0) is 10.0 Å². The fraction of sp³-hybridized carbons (Fsp3) is 0.455. The lowest BCUT2D eigenvalue weighted by molar-refractivity contribution is 0.530. The summed E-state index contributed by atoms with van der Waals surface area (Å²) in [7, 11) is -3.78. The number of nitrogen functional groups attached to an aromatic ring is 1. The van der Waals surface area contributed by atoms with Crippen LogP contribution in [0.2, 0.25) is 5.02 Å². The number of rotatable bonds is 5. The summed E-state index contributed by atoms with van der Waals surface area (Å²) in [4.78, 5) is -0.199. The maximum absolute atomic E-state index is 13.1. The van der Waals surface area contributed by atoms with Crippen LogP contribution >= 0.6 is 11.6 Å². The smallest absolute Gasteiger partial charge is 0.242 e. The number of anilines is 1. The van der Waals surface area contributed by atoms with Crippen molar-refractivity contribution in [2.24, 2.45) is 0 Å². The van der Waals surface area contributed by atoms with Gasteiger partial charge in [-0.15, -0.1) is 0 Å². The van der Waals surface area contributed by atoms with Gasteiger partial charge in [-0.3, -0.25) is 0 Å². The summed E-state index contributed by atoms with van der Waals surface area (Å²) in [5.74, 6) is -0.735. The predicted octanol–water partition coefficient (Wildman–Crippen LogP) is 2.53. The molecule has 0 atom stereocenters. The molecule has 3 N–H and O–H groups in total. The van der Waals surface area contributed by atoms with Crippen LogP contribution in [0.3, 0.4) is 0 Å². The molecule has 0 aromatic heterocycles. The Morgan fingerprint density at radius 2 is 1.94 bits per heavy atom. The van der Waals surface area contributed by atoms with Gasteiger partial charge >= 0.3 is 0 Å². The normalized spacial score (nSPS) is 12.1. The minimum atomic E-state index is -3.78. The predicted molar refractivity (Wildman–Crippen MR) is 70.5 cm³/mol. The van der Waals surface area contributed by atoms with Gasteiger partial charge in [-0.05, 0) is 25.0 Å². The molecule has 7 heteroatoms. The summed E-state index contributed by atoms with van der Waals surface area (Å²) in [5, 5.41) is -0.180. The molecule has 0 saturated carbocycles. The summed E-state index contributed by atoms with van der Waals surface area (Å²) in [5.41, 5.74) is 5.11. The van der Waals surface area contributed by atoms with Crippen LogP contribution < -0.4 is 10.5 Å². The summed E-state index contributed by atoms with van der Waals surface area (Å²) in [6.07, 6.45) is 1.31. The van der Waals surface area contributed by atoms with E-state index in [0.29, 0.717) is 12.8 Å². The van der Waals surface area contributed by atoms with Crippen LogP contribution in [-0.4, -0.2) is 14.5 Å². The number of hydrogen-bond donors (Lipinski definition) is 2. The van der Waals surface area contributed by atoms with E-state index in [1.807, 2.05) is 13.8 Å². The highest BCUT2D eigenvalue weighted by Gasteiger charge is 2.22. The van der Waals surface area contributed by atoms with Crippen molar-refractivity contribution in [2.75, 3.05) is 5.73 Å². The molecular formula is C11H16ClFN2O2S. The van der Waals surface area contributed by atoms with Crippen molar-refractivity contribution in [1.29, 1.82) is 0 Å². The first kappa shape index (κ1) is 15.2. The molecular weight excluding hydrogens is 279 g/mol. The van der Waals surface area contributed by atoms with Gasteiger partial charge in [0.25, 0.3) is 0 Å². The van der Waals surface area contributed by atoms with Crippen LogP contribution in [0.1, 0.15) is 26.7 Å². The van der Waals surface area contributed by atoms with Gasteiger partial charge in [-0.25, -0.2) is 17.5 Å². The highest BCUT2D eigenvalue weighted by Crippen LogP contribution is 2.26. The van der Waals surface area contributed by atoms with E-state index in [4.69, 9.17) is 17.3 Å². The third-order valence-electron chi connectivity index (χ3n) is 2.65. The molecule has 0 radical (unpaired) electrons. The van der Waals surface area contributed by atoms with Crippen molar-refractivity contribution in [3.8, 4) is 0 Å². The van der Waals surface area contributed by atoms with Gasteiger partial charge in [0.1, 0.15) is 10.7 Å². The van der Waals surface area contributed by atoms with E-state index >= 15 is 0 Å². The second kappa shape index (κ2) is 5.86. The van der Waals surface area contributed by atoms with Crippen molar-refractivity contribution in [3.63, 3.8) is 0 Å². The lowest BCUT2D eigenvalue weighted by atomic mass is 10.2. The van der Waals surface area contributed by atoms with Crippen molar-refractivity contribution in [3.05, 3.63) is 23.0 Å². The van der Waals surface area contributed by atoms with E-state index in [1.54, 1.807) is 0 Å². The molecule has 0 aliphatic rings. The van der Waals surface area contributed by atoms with Gasteiger partial charge in [0.15, 0.2) is 0 Å². The molecule has 0 amide bonds. The molecule has 0 bridgehead atoms. The SMILES string of the molecule is CCC(CC)NS(=O)(=O)c1cc(N)c(F)cc1Cl. The molecule has 18 heavy (non-hydrogen) atoms. The molecule has 1 aromatic carbocycles. The maximum Gasteiger partial charge on any atom is 0.242 e. The molecule has 0 heterocycles. The number of nitrogens with two attached hydrogens (primary N) is 1.